The summed E-state index contributed by atoms with van der Waals surface area (Å²) >= 11 is 0. The maximum atomic E-state index is 17.4. The summed E-state index contributed by atoms with van der Waals surface area (Å²) in [6.07, 6.45) is 52.7. The van der Waals surface area contributed by atoms with E-state index in [1.807, 2.05) is 0 Å². The summed E-state index contributed by atoms with van der Waals surface area (Å²) in [7, 11) is -3.19. The Labute approximate surface area is 439 Å². The molecule has 3 saturated heterocycles. The van der Waals surface area contributed by atoms with Crippen molar-refractivity contribution in [2.45, 2.75) is 307 Å². The zero-order valence-corrected chi connectivity index (χ0v) is 47.3. The van der Waals surface area contributed by atoms with Crippen molar-refractivity contribution in [1.29, 1.82) is 0 Å². The molecule has 398 valence electrons. The van der Waals surface area contributed by atoms with Crippen molar-refractivity contribution in [3.05, 3.63) is 108 Å². The van der Waals surface area contributed by atoms with Gasteiger partial charge in [-0.05, 0) is 36.0 Å². The summed E-state index contributed by atoms with van der Waals surface area (Å²) in [6.45, 7) is 6.94. The van der Waals surface area contributed by atoms with E-state index in [1.165, 1.54) is 248 Å². The fourth-order valence-electron chi connectivity index (χ4n) is 12.8. The van der Waals surface area contributed by atoms with Gasteiger partial charge in [0.2, 0.25) is 0 Å². The first-order valence-corrected chi connectivity index (χ1v) is 32.8. The summed E-state index contributed by atoms with van der Waals surface area (Å²) < 4.78 is 25.3. The van der Waals surface area contributed by atoms with E-state index in [9.17, 15) is 0 Å². The molecule has 3 aromatic carbocycles. The molecular formula is C66H108N3OP. The highest BCUT2D eigenvalue weighted by atomic mass is 31.2. The van der Waals surface area contributed by atoms with E-state index in [4.69, 9.17) is 0 Å². The van der Waals surface area contributed by atoms with Gasteiger partial charge in [0.15, 0.2) is 0 Å². The van der Waals surface area contributed by atoms with E-state index in [1.54, 1.807) is 0 Å². The van der Waals surface area contributed by atoms with Crippen LogP contribution < -0.4 is 0 Å². The van der Waals surface area contributed by atoms with Crippen LogP contribution in [-0.4, -0.2) is 32.1 Å². The lowest BCUT2D eigenvalue weighted by molar-refractivity contribution is 0.427. The van der Waals surface area contributed by atoms with Crippen LogP contribution in [0.1, 0.15) is 306 Å². The molecule has 0 aliphatic carbocycles. The third kappa shape index (κ3) is 19.1. The Balaban J connectivity index is 1.15. The van der Waals surface area contributed by atoms with Crippen molar-refractivity contribution in [2.24, 2.45) is 0 Å². The quantitative estimate of drug-likeness (QED) is 0.0320. The molecule has 0 spiro atoms. The molecule has 5 heteroatoms. The van der Waals surface area contributed by atoms with Crippen molar-refractivity contribution in [3.63, 3.8) is 0 Å². The molecule has 0 aromatic heterocycles. The second kappa shape index (κ2) is 34.4. The van der Waals surface area contributed by atoms with Gasteiger partial charge in [0, 0.05) is 18.1 Å². The van der Waals surface area contributed by atoms with Crippen LogP contribution in [0.25, 0.3) is 0 Å². The van der Waals surface area contributed by atoms with Gasteiger partial charge >= 0.3 is 0 Å². The molecule has 9 atom stereocenters. The van der Waals surface area contributed by atoms with Crippen molar-refractivity contribution >= 4 is 7.59 Å². The first-order valence-electron chi connectivity index (χ1n) is 31.3. The van der Waals surface area contributed by atoms with Crippen LogP contribution in [0.4, 0.5) is 0 Å². The zero-order chi connectivity index (χ0) is 49.6. The summed E-state index contributed by atoms with van der Waals surface area (Å²) in [5.41, 5.74) is 4.09. The molecule has 0 saturated carbocycles. The van der Waals surface area contributed by atoms with Crippen molar-refractivity contribution in [2.75, 3.05) is 0 Å². The van der Waals surface area contributed by atoms with Crippen molar-refractivity contribution < 1.29 is 4.57 Å². The number of unbranched alkanes of at least 4 members (excludes halogenated alkanes) is 33. The first kappa shape index (κ1) is 58.0. The number of nitrogens with zero attached hydrogens (tertiary/aromatic N) is 3. The lowest BCUT2D eigenvalue weighted by Crippen LogP contribution is -2.18. The molecule has 9 unspecified atom stereocenters. The van der Waals surface area contributed by atoms with Gasteiger partial charge in [0.05, 0.1) is 18.1 Å². The minimum atomic E-state index is -3.19. The molecule has 0 amide bonds. The van der Waals surface area contributed by atoms with Crippen LogP contribution in [0.3, 0.4) is 0 Å². The monoisotopic (exact) mass is 990 g/mol. The lowest BCUT2D eigenvalue weighted by atomic mass is 10.0. The number of benzene rings is 3. The van der Waals surface area contributed by atoms with Crippen LogP contribution in [0.15, 0.2) is 91.0 Å². The average molecular weight is 991 g/mol. The Bertz CT molecular complexity index is 1600. The third-order valence-electron chi connectivity index (χ3n) is 17.1. The van der Waals surface area contributed by atoms with E-state index < -0.39 is 7.59 Å². The molecule has 71 heavy (non-hydrogen) atoms. The molecule has 3 aliphatic rings. The molecule has 3 heterocycles. The predicted molar refractivity (Wildman–Crippen MR) is 309 cm³/mol. The van der Waals surface area contributed by atoms with E-state index in [0.29, 0.717) is 18.1 Å². The predicted octanol–water partition coefficient (Wildman–Crippen LogP) is 21.6. The van der Waals surface area contributed by atoms with Crippen molar-refractivity contribution in [1.82, 2.24) is 14.0 Å². The summed E-state index contributed by atoms with van der Waals surface area (Å²) in [5.74, 6) is 0. The lowest BCUT2D eigenvalue weighted by Gasteiger charge is -2.26. The van der Waals surface area contributed by atoms with E-state index in [2.05, 4.69) is 126 Å². The Morgan fingerprint density at radius 2 is 0.465 bits per heavy atom. The smallest absolute Gasteiger partial charge is 0.270 e. The second-order valence-corrected chi connectivity index (χ2v) is 25.4. The number of rotatable bonds is 45. The molecule has 0 radical (unpaired) electrons. The summed E-state index contributed by atoms with van der Waals surface area (Å²) in [4.78, 5) is 0. The van der Waals surface area contributed by atoms with Gasteiger partial charge in [-0.2, -0.15) is 0 Å². The SMILES string of the molecule is CCCCCCCCCCCCCCC1C(c2ccccc2)N1P(=O)(N1C(CCCCCCCCCCCCCC)C1c1ccccc1)N1C(CCCCCCCCCCCCCC)C1c1ccccc1. The normalized spacial score (nSPS) is 24.2. The molecule has 3 aromatic rings. The Morgan fingerprint density at radius 1 is 0.282 bits per heavy atom. The Kier molecular flexibility index (Phi) is 28.1. The minimum absolute atomic E-state index is 0.211. The fraction of sp³-hybridized carbons (Fsp3) is 0.727. The van der Waals surface area contributed by atoms with Crippen molar-refractivity contribution in [3.8, 4) is 0 Å². The van der Waals surface area contributed by atoms with Gasteiger partial charge in [-0.1, -0.05) is 343 Å². The third-order valence-corrected chi connectivity index (χ3v) is 20.5. The second-order valence-electron chi connectivity index (χ2n) is 23.0. The number of hydrogen-bond acceptors (Lipinski definition) is 1. The fourth-order valence-corrected chi connectivity index (χ4v) is 17.0. The highest BCUT2D eigenvalue weighted by Crippen LogP contribution is 2.83. The first-order chi connectivity index (χ1) is 35.2. The molecular weight excluding hydrogens is 882 g/mol. The van der Waals surface area contributed by atoms with Crippen LogP contribution in [-0.2, 0) is 4.57 Å². The van der Waals surface area contributed by atoms with E-state index >= 15 is 4.57 Å². The van der Waals surface area contributed by atoms with Gasteiger partial charge in [0.1, 0.15) is 0 Å². The maximum Gasteiger partial charge on any atom is 0.289 e. The molecule has 4 nitrogen and oxygen atoms in total. The van der Waals surface area contributed by atoms with Crippen LogP contribution in [0.5, 0.6) is 0 Å². The maximum absolute atomic E-state index is 17.4. The zero-order valence-electron chi connectivity index (χ0n) is 46.4. The molecule has 0 N–H and O–H groups in total. The van der Waals surface area contributed by atoms with Gasteiger partial charge in [-0.3, -0.25) is 4.57 Å². The standard InChI is InChI=1S/C66H108N3OP/c1-4-7-10-13-16-19-22-25-28-31-34-46-55-61-64(58-49-40-37-41-50-58)67(61)71(70,68-62(65(68)59-51-42-38-43-52-59)56-47-35-32-29-26-23-20-17-14-11-8-5-2)69-63(66(69)60-53-44-39-45-54-60)57-48-36-33-30-27-24-21-18-15-12-9-6-3/h37-45,49-54,61-66H,4-36,46-48,55-57H2,1-3H3. The molecule has 0 bridgehead atoms. The van der Waals surface area contributed by atoms with Gasteiger partial charge in [-0.15, -0.1) is 0 Å². The van der Waals surface area contributed by atoms with E-state index in [0.717, 1.165) is 19.3 Å². The van der Waals surface area contributed by atoms with Crippen LogP contribution in [0, 0.1) is 0 Å². The average Bonchev–Trinajstić information content (AvgIpc) is 4.35. The summed E-state index contributed by atoms with van der Waals surface area (Å²) in [5, 5.41) is 0. The summed E-state index contributed by atoms with van der Waals surface area (Å²) in [6, 6.07) is 35.4. The Morgan fingerprint density at radius 3 is 0.662 bits per heavy atom. The number of hydrogen-bond donors (Lipinski definition) is 0. The van der Waals surface area contributed by atoms with Gasteiger partial charge in [0.25, 0.3) is 7.59 Å². The molecule has 3 aliphatic heterocycles. The minimum Gasteiger partial charge on any atom is -0.270 e. The topological polar surface area (TPSA) is 26.1 Å². The highest BCUT2D eigenvalue weighted by Gasteiger charge is 2.74. The largest absolute Gasteiger partial charge is 0.289 e. The molecule has 3 fully saturated rings. The van der Waals surface area contributed by atoms with E-state index in [-0.39, 0.29) is 18.1 Å². The van der Waals surface area contributed by atoms with Gasteiger partial charge in [-0.25, -0.2) is 14.0 Å². The highest BCUT2D eigenvalue weighted by molar-refractivity contribution is 7.57. The van der Waals surface area contributed by atoms with Gasteiger partial charge < -0.3 is 0 Å². The van der Waals surface area contributed by atoms with Crippen LogP contribution >= 0.6 is 7.59 Å². The van der Waals surface area contributed by atoms with Crippen LogP contribution in [0.2, 0.25) is 0 Å². The Hall–Kier alpha value is -2.23. The molecule has 6 rings (SSSR count).